The third-order valence-electron chi connectivity index (χ3n) is 6.39. The molecule has 2 aromatic carbocycles. The number of fused-ring (bicyclic) bond motifs is 1. The van der Waals surface area contributed by atoms with E-state index < -0.39 is 0 Å². The minimum atomic E-state index is -0.352. The van der Waals surface area contributed by atoms with Crippen molar-refractivity contribution in [1.29, 1.82) is 0 Å². The molecule has 1 saturated heterocycles. The van der Waals surface area contributed by atoms with Crippen molar-refractivity contribution in [3.8, 4) is 17.2 Å². The fourth-order valence-corrected chi connectivity index (χ4v) is 4.83. The Hall–Kier alpha value is -2.28. The molecule has 3 aliphatic rings. The molecule has 0 unspecified atom stereocenters. The van der Waals surface area contributed by atoms with E-state index in [1.54, 1.807) is 12.1 Å². The molecule has 5 rings (SSSR count). The molecule has 0 saturated carbocycles. The number of ether oxygens (including phenoxy) is 2. The molecule has 3 aliphatic heterocycles. The smallest absolute Gasteiger partial charge is 0.231 e. The van der Waals surface area contributed by atoms with Crippen molar-refractivity contribution in [2.24, 2.45) is 4.99 Å². The van der Waals surface area contributed by atoms with Crippen molar-refractivity contribution < 1.29 is 14.6 Å². The molecule has 0 aliphatic carbocycles. The maximum Gasteiger partial charge on any atom is 0.231 e. The van der Waals surface area contributed by atoms with Crippen molar-refractivity contribution >= 4 is 17.3 Å². The van der Waals surface area contributed by atoms with Crippen LogP contribution in [-0.2, 0) is 0 Å². The molecule has 158 valence electrons. The van der Waals surface area contributed by atoms with Gasteiger partial charge in [0.2, 0.25) is 6.79 Å². The molecule has 1 atom stereocenters. The van der Waals surface area contributed by atoms with E-state index in [1.807, 2.05) is 24.3 Å². The summed E-state index contributed by atoms with van der Waals surface area (Å²) in [6, 6.07) is 11.2. The maximum atomic E-state index is 10.6. The van der Waals surface area contributed by atoms with Crippen LogP contribution in [0.2, 0.25) is 5.02 Å². The Kier molecular flexibility index (Phi) is 5.09. The summed E-state index contributed by atoms with van der Waals surface area (Å²) in [6.45, 7) is 5.49. The van der Waals surface area contributed by atoms with Gasteiger partial charge in [0.15, 0.2) is 11.5 Å². The summed E-state index contributed by atoms with van der Waals surface area (Å²) in [4.78, 5) is 7.68. The van der Waals surface area contributed by atoms with Crippen molar-refractivity contribution in [1.82, 2.24) is 10.2 Å². The van der Waals surface area contributed by atoms with Crippen molar-refractivity contribution in [2.75, 3.05) is 26.4 Å². The third-order valence-corrected chi connectivity index (χ3v) is 6.63. The molecule has 0 amide bonds. The molecule has 3 heterocycles. The normalized spacial score (nSPS) is 22.9. The number of benzene rings is 2. The number of likely N-dealkylation sites (tertiary alicyclic amines) is 1. The quantitative estimate of drug-likeness (QED) is 0.771. The van der Waals surface area contributed by atoms with Gasteiger partial charge in [-0.1, -0.05) is 18.5 Å². The average Bonchev–Trinajstić information content (AvgIpc) is 3.23. The second kappa shape index (κ2) is 7.76. The number of nitrogens with zero attached hydrogens (tertiary/aromatic N) is 2. The topological polar surface area (TPSA) is 66.3 Å². The Morgan fingerprint density at radius 3 is 2.77 bits per heavy atom. The van der Waals surface area contributed by atoms with Crippen LogP contribution in [0.3, 0.4) is 0 Å². The van der Waals surface area contributed by atoms with E-state index in [0.717, 1.165) is 60.8 Å². The SMILES string of the molecule is CCN1CCC2(CC1)N=C(c1ccc3c(c1)OCO3)C[C@@H](c1cc(Cl)ccc1O)N2. The van der Waals surface area contributed by atoms with Gasteiger partial charge in [-0.3, -0.25) is 10.3 Å². The summed E-state index contributed by atoms with van der Waals surface area (Å²) < 4.78 is 11.1. The van der Waals surface area contributed by atoms with Crippen molar-refractivity contribution in [3.05, 3.63) is 52.5 Å². The number of hydrogen-bond donors (Lipinski definition) is 2. The van der Waals surface area contributed by atoms with Gasteiger partial charge < -0.3 is 19.5 Å². The highest BCUT2D eigenvalue weighted by Crippen LogP contribution is 2.40. The van der Waals surface area contributed by atoms with Gasteiger partial charge in [0.1, 0.15) is 11.4 Å². The lowest BCUT2D eigenvalue weighted by Gasteiger charge is -2.45. The molecular weight excluding hydrogens is 402 g/mol. The minimum absolute atomic E-state index is 0.0743. The number of nitrogens with one attached hydrogen (secondary N) is 1. The third kappa shape index (κ3) is 3.64. The number of phenolic OH excluding ortho intramolecular Hbond substituents is 1. The first kappa shape index (κ1) is 19.7. The Morgan fingerprint density at radius 2 is 1.97 bits per heavy atom. The van der Waals surface area contributed by atoms with Crippen LogP contribution in [0, 0.1) is 0 Å². The Balaban J connectivity index is 1.53. The summed E-state index contributed by atoms with van der Waals surface area (Å²) in [7, 11) is 0. The van der Waals surface area contributed by atoms with Crippen molar-refractivity contribution in [3.63, 3.8) is 0 Å². The van der Waals surface area contributed by atoms with Gasteiger partial charge in [-0.05, 0) is 61.3 Å². The molecule has 2 N–H and O–H groups in total. The van der Waals surface area contributed by atoms with Gasteiger partial charge in [-0.25, -0.2) is 0 Å². The number of piperidine rings is 1. The van der Waals surface area contributed by atoms with Gasteiger partial charge in [0.05, 0.1) is 0 Å². The molecule has 0 bridgehead atoms. The molecule has 7 heteroatoms. The highest BCUT2D eigenvalue weighted by Gasteiger charge is 2.40. The average molecular weight is 428 g/mol. The lowest BCUT2D eigenvalue weighted by molar-refractivity contribution is 0.129. The molecular formula is C23H26ClN3O3. The predicted molar refractivity (Wildman–Crippen MR) is 117 cm³/mol. The highest BCUT2D eigenvalue weighted by molar-refractivity contribution is 6.30. The predicted octanol–water partition coefficient (Wildman–Crippen LogP) is 4.11. The van der Waals surface area contributed by atoms with Crippen LogP contribution in [0.25, 0.3) is 0 Å². The standard InChI is InChI=1S/C23H26ClN3O3/c1-2-27-9-7-23(8-10-27)25-18(15-3-6-21-22(11-15)30-14-29-21)13-19(26-23)17-12-16(24)4-5-20(17)28/h3-6,11-12,19,26,28H,2,7-10,13-14H2,1H3/t19-/m0/s1. The second-order valence-electron chi connectivity index (χ2n) is 8.20. The number of halogens is 1. The first-order valence-corrected chi connectivity index (χ1v) is 10.9. The zero-order chi connectivity index (χ0) is 20.7. The van der Waals surface area contributed by atoms with E-state index in [9.17, 15) is 5.11 Å². The number of aromatic hydroxyl groups is 1. The summed E-state index contributed by atoms with van der Waals surface area (Å²) >= 11 is 6.26. The van der Waals surface area contributed by atoms with E-state index in [1.165, 1.54) is 0 Å². The van der Waals surface area contributed by atoms with Gasteiger partial charge in [0.25, 0.3) is 0 Å². The summed E-state index contributed by atoms with van der Waals surface area (Å²) in [6.07, 6.45) is 2.51. The number of aliphatic imine (C=N–C) groups is 1. The Morgan fingerprint density at radius 1 is 1.17 bits per heavy atom. The van der Waals surface area contributed by atoms with E-state index in [4.69, 9.17) is 26.1 Å². The van der Waals surface area contributed by atoms with E-state index in [2.05, 4.69) is 17.1 Å². The maximum absolute atomic E-state index is 10.6. The molecule has 2 aromatic rings. The van der Waals surface area contributed by atoms with Crippen LogP contribution in [0.15, 0.2) is 41.4 Å². The van der Waals surface area contributed by atoms with Gasteiger partial charge in [0, 0.05) is 41.8 Å². The molecule has 0 radical (unpaired) electrons. The summed E-state index contributed by atoms with van der Waals surface area (Å²) in [5, 5.41) is 14.9. The van der Waals surface area contributed by atoms with E-state index >= 15 is 0 Å². The van der Waals surface area contributed by atoms with Crippen molar-refractivity contribution in [2.45, 2.75) is 37.9 Å². The van der Waals surface area contributed by atoms with Crippen LogP contribution in [0.4, 0.5) is 0 Å². The van der Waals surface area contributed by atoms with Crippen LogP contribution >= 0.6 is 11.6 Å². The molecule has 6 nitrogen and oxygen atoms in total. The Bertz CT molecular complexity index is 986. The monoisotopic (exact) mass is 427 g/mol. The van der Waals surface area contributed by atoms with Crippen LogP contribution in [-0.4, -0.2) is 47.8 Å². The largest absolute Gasteiger partial charge is 0.508 e. The zero-order valence-electron chi connectivity index (χ0n) is 17.0. The lowest BCUT2D eigenvalue weighted by Crippen LogP contribution is -2.56. The van der Waals surface area contributed by atoms with Crippen LogP contribution < -0.4 is 14.8 Å². The fraction of sp³-hybridized carbons (Fsp3) is 0.435. The van der Waals surface area contributed by atoms with Crippen LogP contribution in [0.5, 0.6) is 17.2 Å². The lowest BCUT2D eigenvalue weighted by atomic mass is 9.87. The zero-order valence-corrected chi connectivity index (χ0v) is 17.8. The van der Waals surface area contributed by atoms with E-state index in [-0.39, 0.29) is 24.2 Å². The first-order chi connectivity index (χ1) is 14.5. The first-order valence-electron chi connectivity index (χ1n) is 10.5. The second-order valence-corrected chi connectivity index (χ2v) is 8.63. The summed E-state index contributed by atoms with van der Waals surface area (Å²) in [5.41, 5.74) is 2.51. The van der Waals surface area contributed by atoms with E-state index in [0.29, 0.717) is 11.4 Å². The minimum Gasteiger partial charge on any atom is -0.508 e. The van der Waals surface area contributed by atoms with Gasteiger partial charge in [-0.2, -0.15) is 0 Å². The molecule has 1 fully saturated rings. The van der Waals surface area contributed by atoms with Crippen LogP contribution in [0.1, 0.15) is 43.4 Å². The highest BCUT2D eigenvalue weighted by atomic mass is 35.5. The molecule has 0 aromatic heterocycles. The summed E-state index contributed by atoms with van der Waals surface area (Å²) in [5.74, 6) is 1.78. The van der Waals surface area contributed by atoms with Gasteiger partial charge >= 0.3 is 0 Å². The number of phenols is 1. The fourth-order valence-electron chi connectivity index (χ4n) is 4.65. The molecule has 1 spiro atoms. The Labute approximate surface area is 181 Å². The van der Waals surface area contributed by atoms with Gasteiger partial charge in [-0.15, -0.1) is 0 Å². The molecule has 30 heavy (non-hydrogen) atoms. The number of hydrogen-bond acceptors (Lipinski definition) is 6. The number of rotatable bonds is 3.